The van der Waals surface area contributed by atoms with E-state index in [1.807, 2.05) is 20.8 Å². The SMILES string of the molecule is Cc1cc(C(=O)N2CCC(Cn3cnc(C(C)(C)C)cc3=O)CC2)no1. The molecule has 0 N–H and O–H groups in total. The first-order chi connectivity index (χ1) is 12.2. The summed E-state index contributed by atoms with van der Waals surface area (Å²) in [7, 11) is 0. The average molecular weight is 358 g/mol. The Morgan fingerprint density at radius 3 is 2.50 bits per heavy atom. The summed E-state index contributed by atoms with van der Waals surface area (Å²) >= 11 is 0. The van der Waals surface area contributed by atoms with Crippen LogP contribution in [0.4, 0.5) is 0 Å². The number of carbonyl (C=O) groups excluding carboxylic acids is 1. The largest absolute Gasteiger partial charge is 0.361 e. The van der Waals surface area contributed by atoms with Gasteiger partial charge in [-0.15, -0.1) is 0 Å². The molecule has 1 aliphatic heterocycles. The van der Waals surface area contributed by atoms with Gasteiger partial charge < -0.3 is 9.42 Å². The lowest BCUT2D eigenvalue weighted by Gasteiger charge is -2.31. The molecule has 0 saturated carbocycles. The van der Waals surface area contributed by atoms with Crippen LogP contribution in [0.15, 0.2) is 27.8 Å². The zero-order valence-corrected chi connectivity index (χ0v) is 15.9. The van der Waals surface area contributed by atoms with Gasteiger partial charge in [-0.2, -0.15) is 0 Å². The van der Waals surface area contributed by atoms with Gasteiger partial charge in [-0.1, -0.05) is 25.9 Å². The van der Waals surface area contributed by atoms with E-state index >= 15 is 0 Å². The molecule has 0 spiro atoms. The summed E-state index contributed by atoms with van der Waals surface area (Å²) in [5.41, 5.74) is 1.02. The summed E-state index contributed by atoms with van der Waals surface area (Å²) in [5, 5.41) is 3.80. The first kappa shape index (κ1) is 18.4. The fourth-order valence-electron chi connectivity index (χ4n) is 3.20. The van der Waals surface area contributed by atoms with Crippen LogP contribution in [0.5, 0.6) is 0 Å². The van der Waals surface area contributed by atoms with E-state index in [-0.39, 0.29) is 16.9 Å². The van der Waals surface area contributed by atoms with Crippen molar-refractivity contribution in [2.75, 3.05) is 13.1 Å². The first-order valence-electron chi connectivity index (χ1n) is 9.03. The van der Waals surface area contributed by atoms with E-state index in [2.05, 4.69) is 10.1 Å². The number of nitrogens with zero attached hydrogens (tertiary/aromatic N) is 4. The molecule has 26 heavy (non-hydrogen) atoms. The standard InChI is InChI=1S/C19H26N4O3/c1-13-9-15(21-26-13)18(25)22-7-5-14(6-8-22)11-23-12-20-16(10-17(23)24)19(2,3)4/h9-10,12,14H,5-8,11H2,1-4H3. The van der Waals surface area contributed by atoms with Crippen LogP contribution in [-0.2, 0) is 12.0 Å². The highest BCUT2D eigenvalue weighted by atomic mass is 16.5. The van der Waals surface area contributed by atoms with Crippen molar-refractivity contribution in [3.8, 4) is 0 Å². The number of hydrogen-bond acceptors (Lipinski definition) is 5. The van der Waals surface area contributed by atoms with Crippen molar-refractivity contribution in [3.05, 3.63) is 46.0 Å². The maximum Gasteiger partial charge on any atom is 0.276 e. The van der Waals surface area contributed by atoms with Gasteiger partial charge in [-0.25, -0.2) is 4.98 Å². The Bertz CT molecular complexity index is 839. The van der Waals surface area contributed by atoms with Crippen LogP contribution in [0, 0.1) is 12.8 Å². The third-order valence-corrected chi connectivity index (χ3v) is 4.85. The van der Waals surface area contributed by atoms with Crippen molar-refractivity contribution < 1.29 is 9.32 Å². The van der Waals surface area contributed by atoms with Crippen LogP contribution in [0.2, 0.25) is 0 Å². The molecule has 7 nitrogen and oxygen atoms in total. The van der Waals surface area contributed by atoms with Crippen molar-refractivity contribution in [2.45, 2.75) is 52.5 Å². The van der Waals surface area contributed by atoms with Crippen molar-refractivity contribution in [2.24, 2.45) is 5.92 Å². The van der Waals surface area contributed by atoms with Crippen LogP contribution in [-0.4, -0.2) is 38.6 Å². The average Bonchev–Trinajstić information content (AvgIpc) is 3.02. The summed E-state index contributed by atoms with van der Waals surface area (Å²) in [6.07, 6.45) is 3.37. The molecule has 1 saturated heterocycles. The number of aromatic nitrogens is 3. The third kappa shape index (κ3) is 4.03. The molecule has 2 aromatic heterocycles. The second kappa shape index (κ2) is 7.05. The molecule has 0 unspecified atom stereocenters. The van der Waals surface area contributed by atoms with Crippen molar-refractivity contribution in [1.29, 1.82) is 0 Å². The molecule has 0 aliphatic carbocycles. The highest BCUT2D eigenvalue weighted by Gasteiger charge is 2.26. The summed E-state index contributed by atoms with van der Waals surface area (Å²) in [6.45, 7) is 9.87. The zero-order valence-electron chi connectivity index (χ0n) is 15.9. The maximum atomic E-state index is 12.4. The van der Waals surface area contributed by atoms with E-state index in [4.69, 9.17) is 4.52 Å². The monoisotopic (exact) mass is 358 g/mol. The molecular weight excluding hydrogens is 332 g/mol. The Kier molecular flexibility index (Phi) is 4.98. The highest BCUT2D eigenvalue weighted by molar-refractivity contribution is 5.92. The normalized spacial score (nSPS) is 16.1. The summed E-state index contributed by atoms with van der Waals surface area (Å²) in [5.74, 6) is 0.903. The van der Waals surface area contributed by atoms with E-state index < -0.39 is 0 Å². The molecule has 0 atom stereocenters. The Labute approximate surface area is 153 Å². The van der Waals surface area contributed by atoms with Crippen molar-refractivity contribution in [1.82, 2.24) is 19.6 Å². The number of piperidine rings is 1. The second-order valence-corrected chi connectivity index (χ2v) is 8.07. The Hall–Kier alpha value is -2.44. The van der Waals surface area contributed by atoms with Crippen LogP contribution >= 0.6 is 0 Å². The van der Waals surface area contributed by atoms with Crippen LogP contribution in [0.25, 0.3) is 0 Å². The number of carbonyl (C=O) groups is 1. The molecule has 0 bridgehead atoms. The summed E-state index contributed by atoms with van der Waals surface area (Å²) < 4.78 is 6.66. The lowest BCUT2D eigenvalue weighted by molar-refractivity contribution is 0.0672. The van der Waals surface area contributed by atoms with Crippen molar-refractivity contribution >= 4 is 5.91 Å². The van der Waals surface area contributed by atoms with Gasteiger partial charge in [0.2, 0.25) is 0 Å². The van der Waals surface area contributed by atoms with E-state index in [0.717, 1.165) is 18.5 Å². The van der Waals surface area contributed by atoms with Crippen LogP contribution < -0.4 is 5.56 Å². The van der Waals surface area contributed by atoms with Crippen LogP contribution in [0.1, 0.15) is 55.6 Å². The fourth-order valence-corrected chi connectivity index (χ4v) is 3.20. The molecule has 1 fully saturated rings. The molecule has 0 radical (unpaired) electrons. The molecule has 3 rings (SSSR count). The van der Waals surface area contributed by atoms with Gasteiger partial charge in [0.15, 0.2) is 5.69 Å². The van der Waals surface area contributed by atoms with Gasteiger partial charge >= 0.3 is 0 Å². The molecule has 7 heteroatoms. The Morgan fingerprint density at radius 1 is 1.27 bits per heavy atom. The second-order valence-electron chi connectivity index (χ2n) is 8.07. The quantitative estimate of drug-likeness (QED) is 0.841. The van der Waals surface area contributed by atoms with Gasteiger partial charge in [0, 0.05) is 37.2 Å². The number of amides is 1. The molecule has 1 amide bonds. The molecule has 140 valence electrons. The first-order valence-corrected chi connectivity index (χ1v) is 9.03. The Morgan fingerprint density at radius 2 is 1.96 bits per heavy atom. The lowest BCUT2D eigenvalue weighted by Crippen LogP contribution is -2.40. The van der Waals surface area contributed by atoms with E-state index in [0.29, 0.717) is 37.0 Å². The number of likely N-dealkylation sites (tertiary alicyclic amines) is 1. The van der Waals surface area contributed by atoms with E-state index in [1.54, 1.807) is 34.9 Å². The number of hydrogen-bond donors (Lipinski definition) is 0. The number of rotatable bonds is 3. The molecule has 1 aliphatic rings. The smallest absolute Gasteiger partial charge is 0.276 e. The molecule has 3 heterocycles. The Balaban J connectivity index is 1.59. The zero-order chi connectivity index (χ0) is 18.9. The van der Waals surface area contributed by atoms with E-state index in [1.165, 1.54) is 0 Å². The minimum Gasteiger partial charge on any atom is -0.361 e. The minimum absolute atomic E-state index is 0.0125. The van der Waals surface area contributed by atoms with Gasteiger partial charge in [0.05, 0.1) is 12.0 Å². The molecular formula is C19H26N4O3. The maximum absolute atomic E-state index is 12.4. The fraction of sp³-hybridized carbons (Fsp3) is 0.579. The van der Waals surface area contributed by atoms with E-state index in [9.17, 15) is 9.59 Å². The minimum atomic E-state index is -0.135. The number of aryl methyl sites for hydroxylation is 1. The predicted octanol–water partition coefficient (Wildman–Crippen LogP) is 2.39. The molecule has 2 aromatic rings. The van der Waals surface area contributed by atoms with Crippen molar-refractivity contribution in [3.63, 3.8) is 0 Å². The van der Waals surface area contributed by atoms with Gasteiger partial charge in [0.25, 0.3) is 11.5 Å². The van der Waals surface area contributed by atoms with Crippen LogP contribution in [0.3, 0.4) is 0 Å². The topological polar surface area (TPSA) is 81.2 Å². The predicted molar refractivity (Wildman–Crippen MR) is 97.1 cm³/mol. The lowest BCUT2D eigenvalue weighted by atomic mass is 9.92. The highest BCUT2D eigenvalue weighted by Crippen LogP contribution is 2.21. The summed E-state index contributed by atoms with van der Waals surface area (Å²) in [6, 6.07) is 3.29. The summed E-state index contributed by atoms with van der Waals surface area (Å²) in [4.78, 5) is 31.0. The molecule has 0 aromatic carbocycles. The van der Waals surface area contributed by atoms with Gasteiger partial charge in [0.1, 0.15) is 5.76 Å². The van der Waals surface area contributed by atoms with Gasteiger partial charge in [-0.3, -0.25) is 14.2 Å². The van der Waals surface area contributed by atoms with Gasteiger partial charge in [-0.05, 0) is 25.7 Å². The third-order valence-electron chi connectivity index (χ3n) is 4.85.